The van der Waals surface area contributed by atoms with E-state index < -0.39 is 11.9 Å². The van der Waals surface area contributed by atoms with E-state index in [2.05, 4.69) is 31.1 Å². The standard InChI is InChI=1S/C29H31Cl2FN2O4S/c1-17(27(36)37)13-21-22(30)14-19(15-23(21)31)26(35)34-28-33-24(16-39-28)20-9-5-7-18(25(20)32)8-6-11-38-12-10-29(2,3)4/h5,7,9,13-16H,6,8,10-12H2,1-4H3,(H,36,37)(H,33,34,35)/b17-13+. The lowest BCUT2D eigenvalue weighted by Gasteiger charge is -2.17. The summed E-state index contributed by atoms with van der Waals surface area (Å²) in [6.45, 7) is 9.16. The van der Waals surface area contributed by atoms with Crippen LogP contribution in [0, 0.1) is 11.2 Å². The number of thiazole rings is 1. The molecular formula is C29H31Cl2FN2O4S. The van der Waals surface area contributed by atoms with E-state index in [0.29, 0.717) is 48.4 Å². The third kappa shape index (κ3) is 8.86. The molecule has 10 heteroatoms. The number of aromatic nitrogens is 1. The molecule has 0 aliphatic carbocycles. The lowest BCUT2D eigenvalue weighted by molar-refractivity contribution is -0.132. The van der Waals surface area contributed by atoms with Gasteiger partial charge >= 0.3 is 5.97 Å². The molecule has 1 aromatic heterocycles. The molecule has 0 aliphatic heterocycles. The van der Waals surface area contributed by atoms with Crippen LogP contribution in [0.15, 0.2) is 41.3 Å². The second-order valence-corrected chi connectivity index (χ2v) is 12.0. The number of nitrogens with zero attached hydrogens (tertiary/aromatic N) is 1. The predicted octanol–water partition coefficient (Wildman–Crippen LogP) is 8.38. The molecule has 0 spiro atoms. The van der Waals surface area contributed by atoms with Gasteiger partial charge in [-0.1, -0.05) is 56.1 Å². The van der Waals surface area contributed by atoms with Gasteiger partial charge in [0.25, 0.3) is 5.91 Å². The van der Waals surface area contributed by atoms with E-state index in [1.54, 1.807) is 23.6 Å². The number of anilines is 1. The van der Waals surface area contributed by atoms with Crippen LogP contribution < -0.4 is 5.32 Å². The minimum absolute atomic E-state index is 0.0482. The number of carbonyl (C=O) groups excluding carboxylic acids is 1. The Labute approximate surface area is 241 Å². The Balaban J connectivity index is 1.66. The largest absolute Gasteiger partial charge is 0.478 e. The van der Waals surface area contributed by atoms with Crippen LogP contribution in [-0.2, 0) is 16.0 Å². The molecule has 1 amide bonds. The van der Waals surface area contributed by atoms with E-state index >= 15 is 4.39 Å². The summed E-state index contributed by atoms with van der Waals surface area (Å²) in [4.78, 5) is 28.3. The van der Waals surface area contributed by atoms with Crippen molar-refractivity contribution in [2.24, 2.45) is 5.41 Å². The number of aryl methyl sites for hydroxylation is 1. The maximum absolute atomic E-state index is 15.3. The molecule has 1 heterocycles. The molecule has 0 aliphatic rings. The first-order valence-electron chi connectivity index (χ1n) is 12.4. The maximum atomic E-state index is 15.3. The number of benzene rings is 2. The van der Waals surface area contributed by atoms with E-state index in [9.17, 15) is 9.59 Å². The van der Waals surface area contributed by atoms with Gasteiger partial charge in [-0.2, -0.15) is 0 Å². The summed E-state index contributed by atoms with van der Waals surface area (Å²) in [7, 11) is 0. The Morgan fingerprint density at radius 1 is 1.18 bits per heavy atom. The first-order chi connectivity index (χ1) is 18.4. The Kier molecular flexibility index (Phi) is 10.7. The van der Waals surface area contributed by atoms with E-state index in [0.717, 1.165) is 17.8 Å². The molecule has 0 fully saturated rings. The summed E-state index contributed by atoms with van der Waals surface area (Å²) in [6.07, 6.45) is 3.55. The van der Waals surface area contributed by atoms with Crippen molar-refractivity contribution >= 4 is 57.6 Å². The third-order valence-electron chi connectivity index (χ3n) is 5.85. The van der Waals surface area contributed by atoms with Crippen LogP contribution in [-0.4, -0.2) is 35.2 Å². The number of aliphatic carboxylic acids is 1. The minimum Gasteiger partial charge on any atom is -0.478 e. The monoisotopic (exact) mass is 592 g/mol. The zero-order valence-electron chi connectivity index (χ0n) is 22.2. The third-order valence-corrected chi connectivity index (χ3v) is 7.23. The average molecular weight is 594 g/mol. The minimum atomic E-state index is -1.11. The van der Waals surface area contributed by atoms with Gasteiger partial charge in [0, 0.05) is 40.9 Å². The van der Waals surface area contributed by atoms with Crippen molar-refractivity contribution in [1.29, 1.82) is 0 Å². The Bertz CT molecular complexity index is 1360. The van der Waals surface area contributed by atoms with Crippen molar-refractivity contribution < 1.29 is 23.8 Å². The molecule has 0 unspecified atom stereocenters. The SMILES string of the molecule is C/C(=C\c1c(Cl)cc(C(=O)Nc2nc(-c3cccc(CCCOCCC(C)(C)C)c3F)cs2)cc1Cl)C(=O)O. The van der Waals surface area contributed by atoms with Gasteiger partial charge in [0.1, 0.15) is 5.82 Å². The van der Waals surface area contributed by atoms with Crippen molar-refractivity contribution in [3.05, 3.63) is 73.8 Å². The molecule has 2 N–H and O–H groups in total. The van der Waals surface area contributed by atoms with Gasteiger partial charge in [-0.25, -0.2) is 14.2 Å². The van der Waals surface area contributed by atoms with Crippen molar-refractivity contribution in [2.75, 3.05) is 18.5 Å². The quantitative estimate of drug-likeness (QED) is 0.172. The second kappa shape index (κ2) is 13.5. The normalized spacial score (nSPS) is 12.0. The molecule has 3 aromatic rings. The molecule has 2 aromatic carbocycles. The van der Waals surface area contributed by atoms with Crippen LogP contribution in [0.5, 0.6) is 0 Å². The predicted molar refractivity (Wildman–Crippen MR) is 156 cm³/mol. The molecule has 39 heavy (non-hydrogen) atoms. The van der Waals surface area contributed by atoms with Gasteiger partial charge in [0.15, 0.2) is 5.13 Å². The molecular weight excluding hydrogens is 562 g/mol. The highest BCUT2D eigenvalue weighted by Crippen LogP contribution is 2.31. The zero-order chi connectivity index (χ0) is 28.7. The summed E-state index contributed by atoms with van der Waals surface area (Å²) < 4.78 is 21.0. The first-order valence-corrected chi connectivity index (χ1v) is 14.0. The number of rotatable bonds is 11. The van der Waals surface area contributed by atoms with Gasteiger partial charge < -0.3 is 9.84 Å². The molecule has 0 bridgehead atoms. The highest BCUT2D eigenvalue weighted by Gasteiger charge is 2.17. The number of carboxylic acids is 1. The Hall–Kier alpha value is -2.78. The average Bonchev–Trinajstić information content (AvgIpc) is 3.31. The fraction of sp³-hybridized carbons (Fsp3) is 0.345. The summed E-state index contributed by atoms with van der Waals surface area (Å²) in [6, 6.07) is 8.00. The summed E-state index contributed by atoms with van der Waals surface area (Å²) in [5, 5.41) is 14.0. The van der Waals surface area contributed by atoms with Crippen LogP contribution in [0.4, 0.5) is 9.52 Å². The van der Waals surface area contributed by atoms with Crippen LogP contribution in [0.25, 0.3) is 17.3 Å². The van der Waals surface area contributed by atoms with Crippen molar-refractivity contribution in [3.63, 3.8) is 0 Å². The van der Waals surface area contributed by atoms with Gasteiger partial charge in [0.05, 0.1) is 15.7 Å². The van der Waals surface area contributed by atoms with Crippen LogP contribution in [0.1, 0.15) is 62.0 Å². The Morgan fingerprint density at radius 2 is 1.87 bits per heavy atom. The molecule has 6 nitrogen and oxygen atoms in total. The van der Waals surface area contributed by atoms with E-state index in [-0.39, 0.29) is 37.5 Å². The fourth-order valence-electron chi connectivity index (χ4n) is 3.57. The zero-order valence-corrected chi connectivity index (χ0v) is 24.6. The van der Waals surface area contributed by atoms with E-state index in [4.69, 9.17) is 33.0 Å². The molecule has 0 atom stereocenters. The number of hydrogen-bond donors (Lipinski definition) is 2. The first kappa shape index (κ1) is 30.8. The molecule has 3 rings (SSSR count). The lowest BCUT2D eigenvalue weighted by atomic mass is 9.93. The van der Waals surface area contributed by atoms with Crippen molar-refractivity contribution in [1.82, 2.24) is 4.98 Å². The highest BCUT2D eigenvalue weighted by molar-refractivity contribution is 7.14. The molecule has 0 saturated heterocycles. The Morgan fingerprint density at radius 3 is 2.51 bits per heavy atom. The summed E-state index contributed by atoms with van der Waals surface area (Å²) in [5.74, 6) is -1.95. The number of amides is 1. The van der Waals surface area contributed by atoms with Gasteiger partial charge in [-0.3, -0.25) is 10.1 Å². The van der Waals surface area contributed by atoms with Crippen molar-refractivity contribution in [2.45, 2.75) is 47.0 Å². The second-order valence-electron chi connectivity index (χ2n) is 10.3. The van der Waals surface area contributed by atoms with E-state index in [1.165, 1.54) is 25.1 Å². The van der Waals surface area contributed by atoms with Gasteiger partial charge in [0.2, 0.25) is 0 Å². The summed E-state index contributed by atoms with van der Waals surface area (Å²) in [5.41, 5.74) is 2.10. The highest BCUT2D eigenvalue weighted by atomic mass is 35.5. The number of hydrogen-bond acceptors (Lipinski definition) is 5. The van der Waals surface area contributed by atoms with Crippen LogP contribution in [0.2, 0.25) is 10.0 Å². The lowest BCUT2D eigenvalue weighted by Crippen LogP contribution is -2.12. The van der Waals surface area contributed by atoms with E-state index in [1.807, 2.05) is 0 Å². The van der Waals surface area contributed by atoms with Crippen molar-refractivity contribution in [3.8, 4) is 11.3 Å². The maximum Gasteiger partial charge on any atom is 0.331 e. The summed E-state index contributed by atoms with van der Waals surface area (Å²) >= 11 is 13.7. The van der Waals surface area contributed by atoms with Gasteiger partial charge in [-0.15, -0.1) is 11.3 Å². The molecule has 0 saturated carbocycles. The smallest absolute Gasteiger partial charge is 0.331 e. The number of ether oxygens (including phenoxy) is 1. The number of carboxylic acid groups (broad SMARTS) is 1. The topological polar surface area (TPSA) is 88.5 Å². The van der Waals surface area contributed by atoms with Crippen LogP contribution in [0.3, 0.4) is 0 Å². The van der Waals surface area contributed by atoms with Crippen LogP contribution >= 0.6 is 34.5 Å². The number of carbonyl (C=O) groups is 2. The number of nitrogens with one attached hydrogen (secondary N) is 1. The fourth-order valence-corrected chi connectivity index (χ4v) is 4.87. The molecule has 208 valence electrons. The number of halogens is 3. The molecule has 0 radical (unpaired) electrons. The van der Waals surface area contributed by atoms with Gasteiger partial charge in [-0.05, 0) is 61.4 Å².